The Balaban J connectivity index is 1.80. The van der Waals surface area contributed by atoms with Gasteiger partial charge in [-0.1, -0.05) is 15.9 Å². The van der Waals surface area contributed by atoms with Gasteiger partial charge in [-0.05, 0) is 57.9 Å². The monoisotopic (exact) mass is 412 g/mol. The molecule has 1 N–H and O–H groups in total. The van der Waals surface area contributed by atoms with Crippen molar-refractivity contribution in [3.8, 4) is 5.75 Å². The van der Waals surface area contributed by atoms with Gasteiger partial charge in [-0.15, -0.1) is 0 Å². The molecule has 1 heterocycles. The largest absolute Gasteiger partial charge is 0.484 e. The Hall–Kier alpha value is -1.76. The fourth-order valence-corrected chi connectivity index (χ4v) is 2.83. The van der Waals surface area contributed by atoms with Gasteiger partial charge >= 0.3 is 6.09 Å². The van der Waals surface area contributed by atoms with E-state index in [2.05, 4.69) is 21.2 Å². The lowest BCUT2D eigenvalue weighted by Crippen LogP contribution is -2.51. The van der Waals surface area contributed by atoms with Gasteiger partial charge in [0.25, 0.3) is 5.91 Å². The van der Waals surface area contributed by atoms with E-state index in [0.717, 1.165) is 17.3 Å². The molecule has 2 rings (SSSR count). The Labute approximate surface area is 157 Å². The first-order valence-corrected chi connectivity index (χ1v) is 9.18. The van der Waals surface area contributed by atoms with Crippen molar-refractivity contribution in [3.63, 3.8) is 0 Å². The van der Waals surface area contributed by atoms with Gasteiger partial charge in [-0.2, -0.15) is 0 Å². The minimum absolute atomic E-state index is 0.0131. The molecule has 2 amide bonds. The average Bonchev–Trinajstić information content (AvgIpc) is 2.52. The number of piperidine rings is 1. The van der Waals surface area contributed by atoms with E-state index in [4.69, 9.17) is 9.47 Å². The predicted octanol–water partition coefficient (Wildman–Crippen LogP) is 3.34. The summed E-state index contributed by atoms with van der Waals surface area (Å²) in [6.07, 6.45) is 1.22. The standard InChI is InChI=1S/C18H25BrN2O4/c1-18(2,3)25-17(23)20-14-5-4-10-21(11-14)16(22)12-24-15-8-6-13(19)7-9-15/h6-9,14H,4-5,10-12H2,1-3H3,(H,20,23). The van der Waals surface area contributed by atoms with Crippen LogP contribution in [0.3, 0.4) is 0 Å². The maximum absolute atomic E-state index is 12.3. The zero-order valence-electron chi connectivity index (χ0n) is 14.9. The van der Waals surface area contributed by atoms with Gasteiger partial charge in [0, 0.05) is 23.6 Å². The number of halogens is 1. The van der Waals surface area contributed by atoms with E-state index in [1.165, 1.54) is 0 Å². The van der Waals surface area contributed by atoms with Crippen LogP contribution in [0, 0.1) is 0 Å². The second-order valence-corrected chi connectivity index (χ2v) is 7.98. The number of rotatable bonds is 4. The Bertz CT molecular complexity index is 598. The van der Waals surface area contributed by atoms with Crippen molar-refractivity contribution in [1.82, 2.24) is 10.2 Å². The van der Waals surface area contributed by atoms with Gasteiger partial charge in [0.1, 0.15) is 11.4 Å². The summed E-state index contributed by atoms with van der Waals surface area (Å²) in [4.78, 5) is 25.9. The number of amides is 2. The molecule has 1 aliphatic rings. The number of benzene rings is 1. The third-order valence-corrected chi connectivity index (χ3v) is 4.20. The van der Waals surface area contributed by atoms with E-state index in [1.54, 1.807) is 17.0 Å². The van der Waals surface area contributed by atoms with Gasteiger partial charge in [-0.25, -0.2) is 4.79 Å². The molecular weight excluding hydrogens is 388 g/mol. The molecule has 25 heavy (non-hydrogen) atoms. The molecule has 0 bridgehead atoms. The number of nitrogens with one attached hydrogen (secondary N) is 1. The molecule has 1 atom stereocenters. The second-order valence-electron chi connectivity index (χ2n) is 7.07. The summed E-state index contributed by atoms with van der Waals surface area (Å²) < 4.78 is 11.8. The number of hydrogen-bond donors (Lipinski definition) is 1. The summed E-state index contributed by atoms with van der Waals surface area (Å²) in [5.41, 5.74) is -0.535. The maximum atomic E-state index is 12.3. The SMILES string of the molecule is CC(C)(C)OC(=O)NC1CCCN(C(=O)COc2ccc(Br)cc2)C1. The molecule has 0 saturated carbocycles. The quantitative estimate of drug-likeness (QED) is 0.822. The molecule has 138 valence electrons. The van der Waals surface area contributed by atoms with E-state index >= 15 is 0 Å². The molecule has 1 aromatic carbocycles. The predicted molar refractivity (Wildman–Crippen MR) is 98.6 cm³/mol. The Morgan fingerprint density at radius 1 is 1.28 bits per heavy atom. The van der Waals surface area contributed by atoms with E-state index in [0.29, 0.717) is 18.8 Å². The van der Waals surface area contributed by atoms with Gasteiger partial charge in [0.05, 0.1) is 0 Å². The Kier molecular flexibility index (Phi) is 6.70. The summed E-state index contributed by atoms with van der Waals surface area (Å²) in [6, 6.07) is 7.24. The molecule has 6 nitrogen and oxygen atoms in total. The van der Waals surface area contributed by atoms with Crippen LogP contribution in [0.1, 0.15) is 33.6 Å². The molecule has 7 heteroatoms. The van der Waals surface area contributed by atoms with Crippen LogP contribution < -0.4 is 10.1 Å². The molecule has 0 spiro atoms. The van der Waals surface area contributed by atoms with Crippen LogP contribution in [0.25, 0.3) is 0 Å². The summed E-state index contributed by atoms with van der Waals surface area (Å²) >= 11 is 3.36. The third kappa shape index (κ3) is 6.94. The number of carbonyl (C=O) groups is 2. The van der Waals surface area contributed by atoms with Crippen LogP contribution in [0.15, 0.2) is 28.7 Å². The highest BCUT2D eigenvalue weighted by Crippen LogP contribution is 2.17. The lowest BCUT2D eigenvalue weighted by Gasteiger charge is -2.33. The molecule has 1 aromatic rings. The smallest absolute Gasteiger partial charge is 0.407 e. The summed E-state index contributed by atoms with van der Waals surface area (Å²) in [7, 11) is 0. The zero-order chi connectivity index (χ0) is 18.4. The molecule has 0 aromatic heterocycles. The summed E-state index contributed by atoms with van der Waals surface area (Å²) in [6.45, 7) is 6.60. The number of hydrogen-bond acceptors (Lipinski definition) is 4. The Morgan fingerprint density at radius 2 is 1.96 bits per heavy atom. The summed E-state index contributed by atoms with van der Waals surface area (Å²) in [5.74, 6) is 0.565. The highest BCUT2D eigenvalue weighted by molar-refractivity contribution is 9.10. The van der Waals surface area contributed by atoms with E-state index in [9.17, 15) is 9.59 Å². The number of alkyl carbamates (subject to hydrolysis) is 1. The molecule has 0 radical (unpaired) electrons. The Morgan fingerprint density at radius 3 is 2.60 bits per heavy atom. The van der Waals surface area contributed by atoms with Gasteiger partial charge in [0.15, 0.2) is 6.61 Å². The molecule has 1 fully saturated rings. The highest BCUT2D eigenvalue weighted by atomic mass is 79.9. The molecule has 0 aliphatic carbocycles. The van der Waals surface area contributed by atoms with Crippen molar-refractivity contribution >= 4 is 27.9 Å². The zero-order valence-corrected chi connectivity index (χ0v) is 16.5. The second kappa shape index (κ2) is 8.56. The number of carbonyl (C=O) groups excluding carboxylic acids is 2. The lowest BCUT2D eigenvalue weighted by atomic mass is 10.1. The normalized spacial score (nSPS) is 17.8. The average molecular weight is 413 g/mol. The first-order chi connectivity index (χ1) is 11.7. The van der Waals surface area contributed by atoms with Gasteiger partial charge in [0.2, 0.25) is 0 Å². The van der Waals surface area contributed by atoms with Crippen LogP contribution in [0.5, 0.6) is 5.75 Å². The van der Waals surface area contributed by atoms with Crippen LogP contribution in [-0.2, 0) is 9.53 Å². The van der Waals surface area contributed by atoms with Crippen molar-refractivity contribution in [2.45, 2.75) is 45.3 Å². The number of ether oxygens (including phenoxy) is 2. The molecule has 1 saturated heterocycles. The van der Waals surface area contributed by atoms with Crippen molar-refractivity contribution in [2.75, 3.05) is 19.7 Å². The van der Waals surface area contributed by atoms with Gasteiger partial charge < -0.3 is 19.7 Å². The first kappa shape index (κ1) is 19.6. The van der Waals surface area contributed by atoms with Gasteiger partial charge in [-0.3, -0.25) is 4.79 Å². The fourth-order valence-electron chi connectivity index (χ4n) is 2.56. The highest BCUT2D eigenvalue weighted by Gasteiger charge is 2.26. The maximum Gasteiger partial charge on any atom is 0.407 e. The first-order valence-electron chi connectivity index (χ1n) is 8.38. The molecular formula is C18H25BrN2O4. The van der Waals surface area contributed by atoms with Crippen molar-refractivity contribution in [2.24, 2.45) is 0 Å². The molecule has 1 aliphatic heterocycles. The topological polar surface area (TPSA) is 67.9 Å². The van der Waals surface area contributed by atoms with Crippen molar-refractivity contribution in [1.29, 1.82) is 0 Å². The van der Waals surface area contributed by atoms with E-state index in [1.807, 2.05) is 32.9 Å². The van der Waals surface area contributed by atoms with Crippen LogP contribution >= 0.6 is 15.9 Å². The molecule has 1 unspecified atom stereocenters. The van der Waals surface area contributed by atoms with E-state index < -0.39 is 11.7 Å². The fraction of sp³-hybridized carbons (Fsp3) is 0.556. The van der Waals surface area contributed by atoms with Crippen LogP contribution in [-0.4, -0.2) is 48.2 Å². The minimum atomic E-state index is -0.535. The number of likely N-dealkylation sites (tertiary alicyclic amines) is 1. The van der Waals surface area contributed by atoms with Crippen LogP contribution in [0.4, 0.5) is 4.79 Å². The van der Waals surface area contributed by atoms with Crippen LogP contribution in [0.2, 0.25) is 0 Å². The van der Waals surface area contributed by atoms with Crippen molar-refractivity contribution < 1.29 is 19.1 Å². The van der Waals surface area contributed by atoms with Crippen molar-refractivity contribution in [3.05, 3.63) is 28.7 Å². The lowest BCUT2D eigenvalue weighted by molar-refractivity contribution is -0.134. The third-order valence-electron chi connectivity index (χ3n) is 3.67. The summed E-state index contributed by atoms with van der Waals surface area (Å²) in [5, 5.41) is 2.84. The van der Waals surface area contributed by atoms with E-state index in [-0.39, 0.29) is 18.6 Å². The number of nitrogens with zero attached hydrogens (tertiary/aromatic N) is 1. The minimum Gasteiger partial charge on any atom is -0.484 e.